The molecule has 0 aliphatic carbocycles. The van der Waals surface area contributed by atoms with Gasteiger partial charge >= 0.3 is 15.5 Å². The smallest absolute Gasteiger partial charge is 0.477 e. The van der Waals surface area contributed by atoms with E-state index in [1.54, 1.807) is 24.4 Å². The number of nitrogens with zero attached hydrogens (tertiary/aromatic N) is 2. The van der Waals surface area contributed by atoms with Crippen LogP contribution in [0.25, 0.3) is 0 Å². The number of sulfonamides is 1. The lowest BCUT2D eigenvalue weighted by Crippen LogP contribution is -2.68. The van der Waals surface area contributed by atoms with Gasteiger partial charge in [0.25, 0.3) is 0 Å². The second-order valence-electron chi connectivity index (χ2n) is 5.60. The molecule has 1 aromatic rings. The van der Waals surface area contributed by atoms with Crippen molar-refractivity contribution in [2.45, 2.75) is 17.5 Å². The SMILES string of the molecule is O=S(=O)(N1CC2(C1)OCCC2COc1ccccn1)C(F)(F)F. The van der Waals surface area contributed by atoms with E-state index < -0.39 is 21.1 Å². The van der Waals surface area contributed by atoms with Crippen LogP contribution in [0.2, 0.25) is 0 Å². The van der Waals surface area contributed by atoms with Gasteiger partial charge in [-0.25, -0.2) is 13.4 Å². The number of rotatable bonds is 4. The zero-order chi connectivity index (χ0) is 16.7. The number of hydrogen-bond acceptors (Lipinski definition) is 5. The van der Waals surface area contributed by atoms with E-state index in [-0.39, 0.29) is 25.6 Å². The average Bonchev–Trinajstić information content (AvgIpc) is 2.87. The van der Waals surface area contributed by atoms with Crippen LogP contribution in [0.15, 0.2) is 24.4 Å². The molecule has 0 N–H and O–H groups in total. The third kappa shape index (κ3) is 2.90. The summed E-state index contributed by atoms with van der Waals surface area (Å²) in [6, 6.07) is 5.16. The first-order valence-corrected chi connectivity index (χ1v) is 8.43. The van der Waals surface area contributed by atoms with Crippen LogP contribution in [0.4, 0.5) is 13.2 Å². The van der Waals surface area contributed by atoms with Gasteiger partial charge in [0.2, 0.25) is 5.88 Å². The summed E-state index contributed by atoms with van der Waals surface area (Å²) in [6.07, 6.45) is 2.17. The largest absolute Gasteiger partial charge is 0.511 e. The summed E-state index contributed by atoms with van der Waals surface area (Å²) in [5.74, 6) is 0.234. The Morgan fingerprint density at radius 2 is 2.13 bits per heavy atom. The van der Waals surface area contributed by atoms with Crippen molar-refractivity contribution in [2.75, 3.05) is 26.3 Å². The zero-order valence-corrected chi connectivity index (χ0v) is 12.8. The number of pyridine rings is 1. The van der Waals surface area contributed by atoms with Crippen LogP contribution in [0.1, 0.15) is 6.42 Å². The molecule has 0 amide bonds. The fraction of sp³-hybridized carbons (Fsp3) is 0.615. The maximum Gasteiger partial charge on any atom is 0.511 e. The van der Waals surface area contributed by atoms with E-state index in [1.165, 1.54) is 0 Å². The maximum absolute atomic E-state index is 12.5. The molecule has 3 heterocycles. The average molecular weight is 352 g/mol. The zero-order valence-electron chi connectivity index (χ0n) is 12.0. The van der Waals surface area contributed by atoms with Gasteiger partial charge in [0.1, 0.15) is 5.60 Å². The van der Waals surface area contributed by atoms with Crippen LogP contribution in [0, 0.1) is 5.92 Å². The molecule has 1 unspecified atom stereocenters. The molecule has 2 aliphatic rings. The van der Waals surface area contributed by atoms with E-state index in [0.717, 1.165) is 0 Å². The Hall–Kier alpha value is -1.39. The molecule has 1 aromatic heterocycles. The van der Waals surface area contributed by atoms with Crippen molar-refractivity contribution in [2.24, 2.45) is 5.92 Å². The summed E-state index contributed by atoms with van der Waals surface area (Å²) in [6.45, 7) is -0.0107. The van der Waals surface area contributed by atoms with E-state index >= 15 is 0 Å². The lowest BCUT2D eigenvalue weighted by Gasteiger charge is -2.48. The van der Waals surface area contributed by atoms with Crippen LogP contribution in [-0.4, -0.2) is 55.1 Å². The summed E-state index contributed by atoms with van der Waals surface area (Å²) >= 11 is 0. The first-order valence-electron chi connectivity index (χ1n) is 6.99. The highest BCUT2D eigenvalue weighted by Crippen LogP contribution is 2.43. The summed E-state index contributed by atoms with van der Waals surface area (Å²) in [7, 11) is -5.29. The summed E-state index contributed by atoms with van der Waals surface area (Å²) in [5, 5.41) is 0. The van der Waals surface area contributed by atoms with Crippen LogP contribution in [0.5, 0.6) is 5.88 Å². The molecule has 0 radical (unpaired) electrons. The van der Waals surface area contributed by atoms with Crippen LogP contribution in [0.3, 0.4) is 0 Å². The van der Waals surface area contributed by atoms with E-state index in [4.69, 9.17) is 9.47 Å². The molecular weight excluding hydrogens is 337 g/mol. The molecule has 1 spiro atoms. The molecule has 2 fully saturated rings. The quantitative estimate of drug-likeness (QED) is 0.819. The standard InChI is InChI=1S/C13H15F3N2O4S/c14-13(15,16)23(19,20)18-8-12(9-18)10(4-6-22-12)7-21-11-3-1-2-5-17-11/h1-3,5,10H,4,6-9H2. The maximum atomic E-state index is 12.5. The topological polar surface area (TPSA) is 68.7 Å². The van der Waals surface area contributed by atoms with E-state index in [1.807, 2.05) is 0 Å². The molecule has 2 saturated heterocycles. The molecule has 0 saturated carbocycles. The molecule has 3 rings (SSSR count). The molecule has 0 aromatic carbocycles. The monoisotopic (exact) mass is 352 g/mol. The Kier molecular flexibility index (Phi) is 4.01. The van der Waals surface area contributed by atoms with Gasteiger partial charge in [-0.1, -0.05) is 6.07 Å². The minimum absolute atomic E-state index is 0.177. The Morgan fingerprint density at radius 1 is 1.39 bits per heavy atom. The van der Waals surface area contributed by atoms with Gasteiger partial charge in [-0.2, -0.15) is 17.5 Å². The molecule has 23 heavy (non-hydrogen) atoms. The molecule has 2 aliphatic heterocycles. The highest BCUT2D eigenvalue weighted by Gasteiger charge is 2.62. The van der Waals surface area contributed by atoms with Gasteiger partial charge in [0.05, 0.1) is 6.61 Å². The van der Waals surface area contributed by atoms with Gasteiger partial charge in [-0.05, 0) is 12.5 Å². The van der Waals surface area contributed by atoms with E-state index in [2.05, 4.69) is 4.98 Å². The van der Waals surface area contributed by atoms with Gasteiger partial charge in [-0.3, -0.25) is 0 Å². The fourth-order valence-corrected chi connectivity index (χ4v) is 3.93. The molecular formula is C13H15F3N2O4S. The minimum atomic E-state index is -5.29. The van der Waals surface area contributed by atoms with Crippen molar-refractivity contribution in [3.63, 3.8) is 0 Å². The van der Waals surface area contributed by atoms with E-state index in [0.29, 0.717) is 23.2 Å². The Bertz CT molecular complexity index is 660. The van der Waals surface area contributed by atoms with Crippen molar-refractivity contribution in [1.82, 2.24) is 9.29 Å². The predicted molar refractivity (Wildman–Crippen MR) is 73.1 cm³/mol. The summed E-state index contributed by atoms with van der Waals surface area (Å²) in [5.41, 5.74) is -6.18. The van der Waals surface area contributed by atoms with Gasteiger partial charge in [-0.15, -0.1) is 0 Å². The summed E-state index contributed by atoms with van der Waals surface area (Å²) in [4.78, 5) is 4.00. The van der Waals surface area contributed by atoms with Gasteiger partial charge in [0.15, 0.2) is 0 Å². The van der Waals surface area contributed by atoms with Crippen molar-refractivity contribution >= 4 is 10.0 Å². The Morgan fingerprint density at radius 3 is 2.74 bits per heavy atom. The number of aromatic nitrogens is 1. The summed E-state index contributed by atoms with van der Waals surface area (Å²) < 4.78 is 71.8. The number of halogens is 3. The van der Waals surface area contributed by atoms with Crippen LogP contribution < -0.4 is 4.74 Å². The van der Waals surface area contributed by atoms with Crippen molar-refractivity contribution in [3.8, 4) is 5.88 Å². The molecule has 10 heteroatoms. The lowest BCUT2D eigenvalue weighted by molar-refractivity contribution is -0.117. The molecule has 1 atom stereocenters. The number of alkyl halides is 3. The Balaban J connectivity index is 1.63. The fourth-order valence-electron chi connectivity index (χ4n) is 2.86. The first-order chi connectivity index (χ1) is 10.7. The van der Waals surface area contributed by atoms with Crippen molar-refractivity contribution in [1.29, 1.82) is 0 Å². The second-order valence-corrected chi connectivity index (χ2v) is 7.53. The van der Waals surface area contributed by atoms with Gasteiger partial charge < -0.3 is 9.47 Å². The third-order valence-corrected chi connectivity index (χ3v) is 5.71. The van der Waals surface area contributed by atoms with Crippen molar-refractivity contribution < 1.29 is 31.1 Å². The molecule has 6 nitrogen and oxygen atoms in total. The number of hydrogen-bond donors (Lipinski definition) is 0. The van der Waals surface area contributed by atoms with E-state index in [9.17, 15) is 21.6 Å². The van der Waals surface area contributed by atoms with Crippen LogP contribution >= 0.6 is 0 Å². The third-order valence-electron chi connectivity index (χ3n) is 4.19. The normalized spacial score (nSPS) is 24.6. The highest BCUT2D eigenvalue weighted by molar-refractivity contribution is 7.90. The molecule has 128 valence electrons. The Labute approximate surface area is 131 Å². The van der Waals surface area contributed by atoms with Crippen LogP contribution in [-0.2, 0) is 14.8 Å². The first kappa shape index (κ1) is 16.5. The highest BCUT2D eigenvalue weighted by atomic mass is 32.2. The second kappa shape index (κ2) is 5.60. The lowest BCUT2D eigenvalue weighted by atomic mass is 9.83. The van der Waals surface area contributed by atoms with Gasteiger partial charge in [0, 0.05) is 37.9 Å². The predicted octanol–water partition coefficient (Wildman–Crippen LogP) is 1.40. The number of ether oxygens (including phenoxy) is 2. The van der Waals surface area contributed by atoms with Crippen molar-refractivity contribution in [3.05, 3.63) is 24.4 Å². The molecule has 0 bridgehead atoms. The minimum Gasteiger partial charge on any atom is -0.477 e.